The predicted octanol–water partition coefficient (Wildman–Crippen LogP) is 4.26. The van der Waals surface area contributed by atoms with Gasteiger partial charge in [-0.2, -0.15) is 0 Å². The number of ether oxygens (including phenoxy) is 2. The molecular formula is C25H28NO4+. The number of benzene rings is 2. The maximum absolute atomic E-state index is 12.7. The molecule has 0 unspecified atom stereocenters. The molecule has 0 atom stereocenters. The zero-order valence-electron chi connectivity index (χ0n) is 17.6. The Morgan fingerprint density at radius 3 is 2.57 bits per heavy atom. The van der Waals surface area contributed by atoms with Gasteiger partial charge in [0.1, 0.15) is 11.3 Å². The summed E-state index contributed by atoms with van der Waals surface area (Å²) >= 11 is 0. The lowest BCUT2D eigenvalue weighted by Crippen LogP contribution is -2.22. The summed E-state index contributed by atoms with van der Waals surface area (Å²) in [5.74, 6) is 0.705. The summed E-state index contributed by atoms with van der Waals surface area (Å²) < 4.78 is 12.3. The summed E-state index contributed by atoms with van der Waals surface area (Å²) in [6, 6.07) is 16.2. The van der Waals surface area contributed by atoms with Crippen LogP contribution >= 0.6 is 0 Å². The molecule has 0 heterocycles. The van der Waals surface area contributed by atoms with E-state index in [0.717, 1.165) is 52.9 Å². The molecule has 2 aliphatic rings. The van der Waals surface area contributed by atoms with Gasteiger partial charge < -0.3 is 9.47 Å². The Kier molecular flexibility index (Phi) is 5.88. The number of carbonyl (C=O) groups excluding carboxylic acids is 1. The molecule has 0 radical (unpaired) electrons. The summed E-state index contributed by atoms with van der Waals surface area (Å²) in [5, 5.41) is 10.4. The van der Waals surface area contributed by atoms with Crippen molar-refractivity contribution in [2.45, 2.75) is 32.6 Å². The van der Waals surface area contributed by atoms with E-state index < -0.39 is 0 Å². The van der Waals surface area contributed by atoms with E-state index in [1.807, 2.05) is 36.4 Å². The van der Waals surface area contributed by atoms with Gasteiger partial charge in [0.25, 0.3) is 5.71 Å². The Morgan fingerprint density at radius 2 is 1.90 bits per heavy atom. The molecule has 0 aromatic heterocycles. The first-order chi connectivity index (χ1) is 14.6. The van der Waals surface area contributed by atoms with Crippen molar-refractivity contribution in [1.82, 2.24) is 0 Å². The first-order valence-corrected chi connectivity index (χ1v) is 10.6. The van der Waals surface area contributed by atoms with E-state index in [1.54, 1.807) is 14.0 Å². The van der Waals surface area contributed by atoms with Gasteiger partial charge >= 0.3 is 5.97 Å². The summed E-state index contributed by atoms with van der Waals surface area (Å²) in [5.41, 5.74) is 5.10. The van der Waals surface area contributed by atoms with Crippen molar-refractivity contribution in [2.24, 2.45) is 5.92 Å². The average Bonchev–Trinajstić information content (AvgIpc) is 3.52. The molecule has 4 rings (SSSR count). The SMILES string of the molecule is CCOC(=O)C1=C(C2CC2)c2ccc(OCCCc3ccccc3)cc2/C1=[N+](/C)O. The lowest BCUT2D eigenvalue weighted by molar-refractivity contribution is -0.753. The number of hydrogen-bond donors (Lipinski definition) is 1. The first kappa shape index (κ1) is 20.2. The number of allylic oxidation sites excluding steroid dienone is 1. The Hall–Kier alpha value is -3.08. The van der Waals surface area contributed by atoms with E-state index in [9.17, 15) is 10.0 Å². The minimum absolute atomic E-state index is 0.300. The minimum atomic E-state index is -0.378. The number of aryl methyl sites for hydroxylation is 1. The highest BCUT2D eigenvalue weighted by molar-refractivity contribution is 6.34. The van der Waals surface area contributed by atoms with E-state index in [1.165, 1.54) is 5.56 Å². The number of carbonyl (C=O) groups is 1. The number of fused-ring (bicyclic) bond motifs is 1. The van der Waals surface area contributed by atoms with E-state index in [4.69, 9.17) is 9.47 Å². The van der Waals surface area contributed by atoms with Gasteiger partial charge in [-0.25, -0.2) is 4.79 Å². The Labute approximate surface area is 177 Å². The van der Waals surface area contributed by atoms with Crippen LogP contribution in [-0.4, -0.2) is 41.9 Å². The number of esters is 1. The maximum Gasteiger partial charge on any atom is 0.345 e. The van der Waals surface area contributed by atoms with E-state index >= 15 is 0 Å². The van der Waals surface area contributed by atoms with Gasteiger partial charge in [-0.15, -0.1) is 0 Å². The lowest BCUT2D eigenvalue weighted by Gasteiger charge is -2.09. The van der Waals surface area contributed by atoms with Crippen LogP contribution in [0.5, 0.6) is 5.75 Å². The first-order valence-electron chi connectivity index (χ1n) is 10.6. The van der Waals surface area contributed by atoms with Gasteiger partial charge in [-0.3, -0.25) is 5.21 Å². The summed E-state index contributed by atoms with van der Waals surface area (Å²) in [6.07, 6.45) is 3.98. The van der Waals surface area contributed by atoms with Crippen molar-refractivity contribution in [3.05, 3.63) is 70.8 Å². The van der Waals surface area contributed by atoms with Gasteiger partial charge in [0, 0.05) is 0 Å². The van der Waals surface area contributed by atoms with Crippen LogP contribution in [0.3, 0.4) is 0 Å². The quantitative estimate of drug-likeness (QED) is 0.234. The van der Waals surface area contributed by atoms with Gasteiger partial charge in [-0.1, -0.05) is 36.4 Å². The van der Waals surface area contributed by atoms with Crippen molar-refractivity contribution in [1.29, 1.82) is 0 Å². The highest BCUT2D eigenvalue weighted by atomic mass is 16.5. The molecule has 0 aliphatic heterocycles. The molecule has 1 fully saturated rings. The molecule has 2 aromatic carbocycles. The lowest BCUT2D eigenvalue weighted by atomic mass is 10.0. The van der Waals surface area contributed by atoms with Crippen molar-refractivity contribution >= 4 is 17.3 Å². The van der Waals surface area contributed by atoms with Crippen molar-refractivity contribution in [2.75, 3.05) is 20.3 Å². The van der Waals surface area contributed by atoms with Crippen LogP contribution in [0.15, 0.2) is 54.1 Å². The normalized spacial score (nSPS) is 17.0. The zero-order valence-corrected chi connectivity index (χ0v) is 17.6. The van der Waals surface area contributed by atoms with E-state index in [-0.39, 0.29) is 5.97 Å². The van der Waals surface area contributed by atoms with E-state index in [2.05, 4.69) is 12.1 Å². The third-order valence-electron chi connectivity index (χ3n) is 5.55. The van der Waals surface area contributed by atoms with Gasteiger partial charge in [-0.05, 0) is 72.1 Å². The third kappa shape index (κ3) is 4.11. The van der Waals surface area contributed by atoms with E-state index in [0.29, 0.717) is 30.4 Å². The summed E-state index contributed by atoms with van der Waals surface area (Å²) in [6.45, 7) is 2.70. The highest BCUT2D eigenvalue weighted by Gasteiger charge is 2.45. The molecular weight excluding hydrogens is 378 g/mol. The Balaban J connectivity index is 1.54. The third-order valence-corrected chi connectivity index (χ3v) is 5.55. The van der Waals surface area contributed by atoms with Crippen molar-refractivity contribution in [3.63, 3.8) is 0 Å². The summed E-state index contributed by atoms with van der Waals surface area (Å²) in [4.78, 5) is 12.7. The van der Waals surface area contributed by atoms with Crippen LogP contribution in [0, 0.1) is 5.92 Å². The molecule has 1 saturated carbocycles. The summed E-state index contributed by atoms with van der Waals surface area (Å²) in [7, 11) is 1.54. The fraction of sp³-hybridized carbons (Fsp3) is 0.360. The highest BCUT2D eigenvalue weighted by Crippen LogP contribution is 2.49. The van der Waals surface area contributed by atoms with Gasteiger partial charge in [0.2, 0.25) is 0 Å². The van der Waals surface area contributed by atoms with Crippen LogP contribution in [0.2, 0.25) is 0 Å². The monoisotopic (exact) mass is 406 g/mol. The molecule has 5 heteroatoms. The second-order valence-electron chi connectivity index (χ2n) is 7.80. The van der Waals surface area contributed by atoms with Crippen LogP contribution < -0.4 is 4.74 Å². The standard InChI is InChI=1S/C25H28NO4/c1-3-29-25(27)23-22(18-11-12-18)20-14-13-19(16-21(20)24(23)26(2)28)30-15-7-10-17-8-5-4-6-9-17/h4-6,8-9,13-14,16,18,28H,3,7,10-12,15H2,1-2H3/q+1/b26-24+. The smallest absolute Gasteiger partial charge is 0.345 e. The molecule has 2 aromatic rings. The topological polar surface area (TPSA) is 58.8 Å². The van der Waals surface area contributed by atoms with Crippen LogP contribution in [0.4, 0.5) is 0 Å². The molecule has 1 N–H and O–H groups in total. The predicted molar refractivity (Wildman–Crippen MR) is 115 cm³/mol. The van der Waals surface area contributed by atoms with Crippen molar-refractivity contribution < 1.29 is 24.2 Å². The zero-order chi connectivity index (χ0) is 21.1. The van der Waals surface area contributed by atoms with Crippen LogP contribution in [0.1, 0.15) is 42.9 Å². The molecule has 5 nitrogen and oxygen atoms in total. The minimum Gasteiger partial charge on any atom is -0.494 e. The van der Waals surface area contributed by atoms with Crippen LogP contribution in [0.25, 0.3) is 5.57 Å². The largest absolute Gasteiger partial charge is 0.494 e. The Morgan fingerprint density at radius 1 is 1.13 bits per heavy atom. The van der Waals surface area contributed by atoms with Crippen LogP contribution in [-0.2, 0) is 16.0 Å². The molecule has 0 saturated heterocycles. The van der Waals surface area contributed by atoms with Gasteiger partial charge in [0.15, 0.2) is 7.05 Å². The second kappa shape index (κ2) is 8.74. The molecule has 156 valence electrons. The number of nitrogens with zero attached hydrogens (tertiary/aromatic N) is 1. The second-order valence-corrected chi connectivity index (χ2v) is 7.80. The molecule has 2 aliphatic carbocycles. The number of hydroxylamine groups is 1. The van der Waals surface area contributed by atoms with Gasteiger partial charge in [0.05, 0.1) is 18.8 Å². The van der Waals surface area contributed by atoms with Crippen molar-refractivity contribution in [3.8, 4) is 5.75 Å². The molecule has 30 heavy (non-hydrogen) atoms. The Bertz CT molecular complexity index is 999. The number of rotatable bonds is 8. The maximum atomic E-state index is 12.7. The molecule has 0 bridgehead atoms. The molecule has 0 amide bonds. The number of hydrogen-bond acceptors (Lipinski definition) is 4. The molecule has 0 spiro atoms. The fourth-order valence-electron chi connectivity index (χ4n) is 4.09. The fourth-order valence-corrected chi connectivity index (χ4v) is 4.09. The average molecular weight is 407 g/mol.